The number of anilines is 2. The van der Waals surface area contributed by atoms with Crippen LogP contribution in [0.1, 0.15) is 46.9 Å². The van der Waals surface area contributed by atoms with Crippen LogP contribution in [0, 0.1) is 0 Å². The molecule has 0 heterocycles. The molecule has 0 aliphatic rings. The molecular weight excluding hydrogens is 504 g/mol. The Hall–Kier alpha value is -3.52. The van der Waals surface area contributed by atoms with Gasteiger partial charge in [0.25, 0.3) is 0 Å². The van der Waals surface area contributed by atoms with Gasteiger partial charge in [-0.05, 0) is 12.1 Å². The molecule has 2 rings (SSSR count). The van der Waals surface area contributed by atoms with Crippen molar-refractivity contribution in [3.8, 4) is 11.5 Å². The predicted molar refractivity (Wildman–Crippen MR) is 129 cm³/mol. The minimum Gasteiger partial charge on any atom is -0.496 e. The van der Waals surface area contributed by atoms with Crippen molar-refractivity contribution in [3.63, 3.8) is 0 Å². The van der Waals surface area contributed by atoms with Crippen LogP contribution in [0.3, 0.4) is 0 Å². The van der Waals surface area contributed by atoms with Crippen LogP contribution in [0.15, 0.2) is 34.1 Å². The summed E-state index contributed by atoms with van der Waals surface area (Å²) in [5.74, 6) is -4.72. The van der Waals surface area contributed by atoms with Crippen LogP contribution in [0.25, 0.3) is 0 Å². The van der Waals surface area contributed by atoms with Crippen molar-refractivity contribution in [2.45, 2.75) is 23.6 Å². The number of carbonyl (C=O) groups excluding carboxylic acids is 1. The highest BCUT2D eigenvalue weighted by Gasteiger charge is 2.23. The molecule has 14 heteroatoms. The molecule has 2 aromatic carbocycles. The first kappa shape index (κ1) is 17.8. The standard InChI is InChI=1S/C11H15NO5S.C10H13NO5S/c1-4-18(14,15)10-5-7(11(13)17-3)9(16-2)6-8(10)12;1-3-17(14,15)9-4-6(10(12)13)8(16-2)5-7(9)11/h5-6H,4,12H2,1-3H3;4-5H,3,11H2,1-2H3,(H,12,13)/i2D3,3D3;2D3. The van der Waals surface area contributed by atoms with E-state index in [2.05, 4.69) is 14.2 Å². The number of nitrogens with two attached hydrogens (primary N) is 2. The molecular formula is C21H28N2O10S2. The van der Waals surface area contributed by atoms with Crippen LogP contribution in [-0.2, 0) is 24.4 Å². The second-order valence-corrected chi connectivity index (χ2v) is 11.0. The van der Waals surface area contributed by atoms with E-state index in [0.29, 0.717) is 0 Å². The average Bonchev–Trinajstić information content (AvgIpc) is 2.80. The van der Waals surface area contributed by atoms with E-state index in [1.165, 1.54) is 13.8 Å². The van der Waals surface area contributed by atoms with Crippen molar-refractivity contribution < 1.29 is 58.1 Å². The van der Waals surface area contributed by atoms with Crippen molar-refractivity contribution in [1.82, 2.24) is 0 Å². The number of carboxylic acid groups (broad SMARTS) is 1. The van der Waals surface area contributed by atoms with Crippen LogP contribution in [0.2, 0.25) is 0 Å². The fourth-order valence-electron chi connectivity index (χ4n) is 2.55. The van der Waals surface area contributed by atoms with Crippen LogP contribution < -0.4 is 20.9 Å². The molecule has 0 aliphatic carbocycles. The van der Waals surface area contributed by atoms with Gasteiger partial charge in [-0.3, -0.25) is 0 Å². The normalized spacial score (nSPS) is 16.0. The van der Waals surface area contributed by atoms with Crippen molar-refractivity contribution in [2.24, 2.45) is 0 Å². The predicted octanol–water partition coefficient (Wildman–Crippen LogP) is 1.63. The Labute approximate surface area is 216 Å². The third-order valence-electron chi connectivity index (χ3n) is 4.42. The van der Waals surface area contributed by atoms with Crippen LogP contribution in [-0.4, -0.2) is 66.5 Å². The minimum atomic E-state index is -3.86. The summed E-state index contributed by atoms with van der Waals surface area (Å²) in [5, 5.41) is 9.02. The zero-order chi connectivity index (χ0) is 34.6. The van der Waals surface area contributed by atoms with Gasteiger partial charge in [-0.2, -0.15) is 0 Å². The molecule has 0 fully saturated rings. The summed E-state index contributed by atoms with van der Waals surface area (Å²) in [6.45, 7) is 2.71. The van der Waals surface area contributed by atoms with E-state index in [4.69, 9.17) is 28.9 Å². The summed E-state index contributed by atoms with van der Waals surface area (Å²) in [6.07, 6.45) is 0. The lowest BCUT2D eigenvalue weighted by Crippen LogP contribution is -2.11. The molecule has 0 unspecified atom stereocenters. The Morgan fingerprint density at radius 3 is 1.63 bits per heavy atom. The van der Waals surface area contributed by atoms with E-state index >= 15 is 0 Å². The number of rotatable bonds is 8. The number of benzene rings is 2. The summed E-state index contributed by atoms with van der Waals surface area (Å²) in [4.78, 5) is 22.2. The number of carboxylic acids is 1. The monoisotopic (exact) mass is 541 g/mol. The lowest BCUT2D eigenvalue weighted by Gasteiger charge is -2.11. The van der Waals surface area contributed by atoms with Crippen molar-refractivity contribution in [2.75, 3.05) is 44.1 Å². The smallest absolute Gasteiger partial charge is 0.341 e. The Morgan fingerprint density at radius 2 is 1.26 bits per heavy atom. The van der Waals surface area contributed by atoms with Gasteiger partial charge in [-0.15, -0.1) is 0 Å². The van der Waals surface area contributed by atoms with Gasteiger partial charge in [-0.1, -0.05) is 13.8 Å². The van der Waals surface area contributed by atoms with Gasteiger partial charge < -0.3 is 30.8 Å². The van der Waals surface area contributed by atoms with E-state index in [9.17, 15) is 26.4 Å². The Morgan fingerprint density at radius 1 is 0.829 bits per heavy atom. The topological polar surface area (TPSA) is 202 Å². The summed E-state index contributed by atoms with van der Waals surface area (Å²) in [7, 11) is -16.6. The molecule has 12 nitrogen and oxygen atoms in total. The van der Waals surface area contributed by atoms with E-state index in [-0.39, 0.29) is 27.8 Å². The van der Waals surface area contributed by atoms with E-state index < -0.39 is 80.2 Å². The highest BCUT2D eigenvalue weighted by atomic mass is 32.2. The summed E-state index contributed by atoms with van der Waals surface area (Å²) in [6, 6.07) is 3.25. The second-order valence-electron chi connectivity index (χ2n) is 6.48. The highest BCUT2D eigenvalue weighted by molar-refractivity contribution is 7.91. The zero-order valence-corrected chi connectivity index (χ0v) is 19.9. The Kier molecular flexibility index (Phi) is 5.99. The lowest BCUT2D eigenvalue weighted by molar-refractivity contribution is 0.0595. The Bertz CT molecular complexity index is 1620. The summed E-state index contributed by atoms with van der Waals surface area (Å²) >= 11 is 0. The number of aromatic carboxylic acids is 1. The molecule has 0 aliphatic heterocycles. The van der Waals surface area contributed by atoms with Crippen molar-refractivity contribution in [1.29, 1.82) is 0 Å². The molecule has 2 aromatic rings. The fraction of sp³-hybridized carbons (Fsp3) is 0.333. The second kappa shape index (κ2) is 11.8. The number of methoxy groups -OCH3 is 3. The van der Waals surface area contributed by atoms with Gasteiger partial charge >= 0.3 is 11.9 Å². The number of sulfone groups is 2. The minimum absolute atomic E-state index is 0.267. The van der Waals surface area contributed by atoms with E-state index in [1.54, 1.807) is 0 Å². The fourth-order valence-corrected chi connectivity index (χ4v) is 4.60. The Balaban J connectivity index is 0.000000447. The van der Waals surface area contributed by atoms with Gasteiger partial charge in [-0.25, -0.2) is 26.4 Å². The van der Waals surface area contributed by atoms with Gasteiger partial charge in [0.05, 0.1) is 66.1 Å². The van der Waals surface area contributed by atoms with Crippen molar-refractivity contribution in [3.05, 3.63) is 35.4 Å². The number of hydrogen-bond donors (Lipinski definition) is 3. The van der Waals surface area contributed by atoms with Crippen LogP contribution >= 0.6 is 0 Å². The zero-order valence-electron chi connectivity index (χ0n) is 27.3. The maximum atomic E-state index is 12.0. The number of nitrogen functional groups attached to an aromatic ring is 2. The highest BCUT2D eigenvalue weighted by Crippen LogP contribution is 2.30. The van der Waals surface area contributed by atoms with Gasteiger partial charge in [0.15, 0.2) is 19.7 Å². The molecule has 0 bridgehead atoms. The molecule has 0 saturated heterocycles. The molecule has 35 heavy (non-hydrogen) atoms. The van der Waals surface area contributed by atoms with Crippen LogP contribution in [0.4, 0.5) is 11.4 Å². The maximum Gasteiger partial charge on any atom is 0.341 e. The quantitative estimate of drug-likeness (QED) is 0.322. The van der Waals surface area contributed by atoms with Gasteiger partial charge in [0.1, 0.15) is 22.6 Å². The van der Waals surface area contributed by atoms with Crippen LogP contribution in [0.5, 0.6) is 11.5 Å². The lowest BCUT2D eigenvalue weighted by atomic mass is 10.2. The average molecular weight is 542 g/mol. The number of esters is 1. The first-order valence-corrected chi connectivity index (χ1v) is 12.6. The summed E-state index contributed by atoms with van der Waals surface area (Å²) < 4.78 is 124. The van der Waals surface area contributed by atoms with Gasteiger partial charge in [0.2, 0.25) is 0 Å². The first-order valence-electron chi connectivity index (χ1n) is 13.8. The molecule has 194 valence electrons. The molecule has 0 atom stereocenters. The van der Waals surface area contributed by atoms with E-state index in [0.717, 1.165) is 24.3 Å². The molecule has 0 saturated carbocycles. The third kappa shape index (κ3) is 6.76. The molecule has 0 radical (unpaired) electrons. The first-order chi connectivity index (χ1) is 19.6. The largest absolute Gasteiger partial charge is 0.496 e. The summed E-state index contributed by atoms with van der Waals surface area (Å²) in [5.41, 5.74) is 9.26. The number of carbonyl (C=O) groups is 2. The number of hydrogen-bond acceptors (Lipinski definition) is 11. The maximum absolute atomic E-state index is 12.0. The van der Waals surface area contributed by atoms with E-state index in [1.807, 2.05) is 0 Å². The molecule has 5 N–H and O–H groups in total. The van der Waals surface area contributed by atoms with Gasteiger partial charge in [0, 0.05) is 12.1 Å². The third-order valence-corrected chi connectivity index (χ3v) is 7.98. The molecule has 0 aromatic heterocycles. The molecule has 0 spiro atoms. The SMILES string of the molecule is [2H]C([2H])([2H])OC(=O)c1cc(S(=O)(=O)CC)c(N)cc1OC([2H])([2H])[2H].[2H]C([2H])([2H])Oc1cc(N)c(S(=O)(=O)CC)cc1C(=O)O. The van der Waals surface area contributed by atoms with Crippen molar-refractivity contribution >= 4 is 43.0 Å². The number of ether oxygens (including phenoxy) is 3. The molecule has 0 amide bonds.